The van der Waals surface area contributed by atoms with E-state index in [-0.39, 0.29) is 23.5 Å². The molecular weight excluding hydrogens is 254 g/mol. The zero-order chi connectivity index (χ0) is 14.9. The van der Waals surface area contributed by atoms with E-state index in [1.54, 1.807) is 10.7 Å². The molecule has 1 aromatic rings. The van der Waals surface area contributed by atoms with Gasteiger partial charge in [0.15, 0.2) is 0 Å². The van der Waals surface area contributed by atoms with Gasteiger partial charge in [-0.05, 0) is 38.2 Å². The average molecular weight is 279 g/mol. The highest BCUT2D eigenvalue weighted by atomic mass is 16.3. The standard InChI is InChI=1S/C15H25N3O2/c1-11(2)18-8-6-13(16-18)14(20)17-7-5-12(19)9-15(3,4)10-17/h6,8,11-12,19H,5,7,9-10H2,1-4H3. The van der Waals surface area contributed by atoms with E-state index < -0.39 is 0 Å². The number of aromatic nitrogens is 2. The molecule has 2 heterocycles. The van der Waals surface area contributed by atoms with Gasteiger partial charge < -0.3 is 10.0 Å². The van der Waals surface area contributed by atoms with E-state index in [1.165, 1.54) is 0 Å². The van der Waals surface area contributed by atoms with E-state index in [9.17, 15) is 9.90 Å². The molecule has 1 saturated heterocycles. The summed E-state index contributed by atoms with van der Waals surface area (Å²) in [6.45, 7) is 9.51. The number of nitrogens with zero attached hydrogens (tertiary/aromatic N) is 3. The highest BCUT2D eigenvalue weighted by Crippen LogP contribution is 2.28. The highest BCUT2D eigenvalue weighted by Gasteiger charge is 2.32. The van der Waals surface area contributed by atoms with Crippen LogP contribution in [0.25, 0.3) is 0 Å². The topological polar surface area (TPSA) is 58.4 Å². The monoisotopic (exact) mass is 279 g/mol. The maximum Gasteiger partial charge on any atom is 0.274 e. The van der Waals surface area contributed by atoms with Gasteiger partial charge in [-0.1, -0.05) is 13.8 Å². The third kappa shape index (κ3) is 3.39. The zero-order valence-electron chi connectivity index (χ0n) is 12.8. The number of carbonyl (C=O) groups excluding carboxylic acids is 1. The molecule has 5 heteroatoms. The van der Waals surface area contributed by atoms with Gasteiger partial charge in [0.2, 0.25) is 0 Å². The minimum absolute atomic E-state index is 0.0356. The van der Waals surface area contributed by atoms with Gasteiger partial charge in [-0.25, -0.2) is 0 Å². The van der Waals surface area contributed by atoms with Crippen LogP contribution in [0.4, 0.5) is 0 Å². The lowest BCUT2D eigenvalue weighted by Gasteiger charge is -2.29. The van der Waals surface area contributed by atoms with Crippen molar-refractivity contribution in [3.8, 4) is 0 Å². The Bertz CT molecular complexity index is 479. The molecule has 1 fully saturated rings. The molecule has 1 aliphatic rings. The molecule has 0 aliphatic carbocycles. The zero-order valence-corrected chi connectivity index (χ0v) is 12.8. The summed E-state index contributed by atoms with van der Waals surface area (Å²) >= 11 is 0. The maximum atomic E-state index is 12.6. The molecule has 1 unspecified atom stereocenters. The van der Waals surface area contributed by atoms with Crippen LogP contribution in [0.2, 0.25) is 0 Å². The Morgan fingerprint density at radius 3 is 2.80 bits per heavy atom. The number of hydrogen-bond acceptors (Lipinski definition) is 3. The molecule has 20 heavy (non-hydrogen) atoms. The molecule has 1 atom stereocenters. The van der Waals surface area contributed by atoms with Gasteiger partial charge in [0, 0.05) is 25.3 Å². The fourth-order valence-electron chi connectivity index (χ4n) is 2.78. The summed E-state index contributed by atoms with van der Waals surface area (Å²) in [4.78, 5) is 14.4. The van der Waals surface area contributed by atoms with E-state index >= 15 is 0 Å². The molecule has 5 nitrogen and oxygen atoms in total. The SMILES string of the molecule is CC(C)n1ccc(C(=O)N2CCC(O)CC(C)(C)C2)n1. The Morgan fingerprint density at radius 1 is 1.50 bits per heavy atom. The van der Waals surface area contributed by atoms with Gasteiger partial charge in [-0.15, -0.1) is 0 Å². The van der Waals surface area contributed by atoms with Crippen molar-refractivity contribution in [2.24, 2.45) is 5.41 Å². The van der Waals surface area contributed by atoms with Crippen molar-refractivity contribution in [2.75, 3.05) is 13.1 Å². The highest BCUT2D eigenvalue weighted by molar-refractivity contribution is 5.92. The van der Waals surface area contributed by atoms with Crippen LogP contribution in [0.3, 0.4) is 0 Å². The van der Waals surface area contributed by atoms with Crippen LogP contribution >= 0.6 is 0 Å². The number of aliphatic hydroxyl groups excluding tert-OH is 1. The van der Waals surface area contributed by atoms with Crippen LogP contribution in [-0.2, 0) is 0 Å². The molecular formula is C15H25N3O2. The largest absolute Gasteiger partial charge is 0.393 e. The molecule has 1 aromatic heterocycles. The number of carbonyl (C=O) groups is 1. The third-order valence-corrected chi connectivity index (χ3v) is 3.78. The predicted octanol–water partition coefficient (Wildman–Crippen LogP) is 2.09. The Hall–Kier alpha value is -1.36. The smallest absolute Gasteiger partial charge is 0.274 e. The molecule has 0 aromatic carbocycles. The van der Waals surface area contributed by atoms with Crippen LogP contribution in [0.5, 0.6) is 0 Å². The molecule has 112 valence electrons. The first-order valence-corrected chi connectivity index (χ1v) is 7.31. The normalized spacial score (nSPS) is 22.9. The van der Waals surface area contributed by atoms with E-state index in [0.717, 1.165) is 6.42 Å². The van der Waals surface area contributed by atoms with Gasteiger partial charge in [-0.3, -0.25) is 9.48 Å². The second-order valence-electron chi connectivity index (χ2n) is 6.81. The van der Waals surface area contributed by atoms with Crippen molar-refractivity contribution in [3.63, 3.8) is 0 Å². The molecule has 0 radical (unpaired) electrons. The van der Waals surface area contributed by atoms with Gasteiger partial charge in [0.25, 0.3) is 5.91 Å². The van der Waals surface area contributed by atoms with Crippen LogP contribution in [0, 0.1) is 5.41 Å². The summed E-state index contributed by atoms with van der Waals surface area (Å²) < 4.78 is 1.80. The van der Waals surface area contributed by atoms with E-state index in [1.807, 2.05) is 24.9 Å². The lowest BCUT2D eigenvalue weighted by Crippen LogP contribution is -2.37. The molecule has 2 rings (SSSR count). The molecule has 1 aliphatic heterocycles. The fraction of sp³-hybridized carbons (Fsp3) is 0.733. The molecule has 1 N–H and O–H groups in total. The number of likely N-dealkylation sites (tertiary alicyclic amines) is 1. The van der Waals surface area contributed by atoms with Gasteiger partial charge in [0.05, 0.1) is 6.10 Å². The van der Waals surface area contributed by atoms with Crippen LogP contribution in [0.1, 0.15) is 57.1 Å². The van der Waals surface area contributed by atoms with Crippen molar-refractivity contribution in [1.82, 2.24) is 14.7 Å². The van der Waals surface area contributed by atoms with Crippen LogP contribution in [0.15, 0.2) is 12.3 Å². The Kier molecular flexibility index (Phi) is 4.18. The second kappa shape index (κ2) is 5.56. The minimum atomic E-state index is -0.323. The molecule has 1 amide bonds. The first kappa shape index (κ1) is 15.0. The first-order chi connectivity index (χ1) is 9.28. The second-order valence-corrected chi connectivity index (χ2v) is 6.81. The van der Waals surface area contributed by atoms with Gasteiger partial charge >= 0.3 is 0 Å². The number of hydrogen-bond donors (Lipinski definition) is 1. The van der Waals surface area contributed by atoms with E-state index in [4.69, 9.17) is 0 Å². The van der Waals surface area contributed by atoms with Crippen molar-refractivity contribution >= 4 is 5.91 Å². The van der Waals surface area contributed by atoms with E-state index in [0.29, 0.717) is 25.2 Å². The van der Waals surface area contributed by atoms with Crippen LogP contribution in [-0.4, -0.2) is 44.9 Å². The number of aliphatic hydroxyl groups is 1. The summed E-state index contributed by atoms with van der Waals surface area (Å²) in [5.74, 6) is -0.0356. The van der Waals surface area contributed by atoms with Gasteiger partial charge in [-0.2, -0.15) is 5.10 Å². The van der Waals surface area contributed by atoms with Crippen molar-refractivity contribution in [2.45, 2.75) is 52.7 Å². The fourth-order valence-corrected chi connectivity index (χ4v) is 2.78. The average Bonchev–Trinajstić information content (AvgIpc) is 2.77. The predicted molar refractivity (Wildman–Crippen MR) is 77.5 cm³/mol. The summed E-state index contributed by atoms with van der Waals surface area (Å²) in [5, 5.41) is 14.3. The summed E-state index contributed by atoms with van der Waals surface area (Å²) in [6, 6.07) is 2.02. The maximum absolute atomic E-state index is 12.6. The Labute approximate surface area is 120 Å². The molecule has 0 saturated carbocycles. The number of amides is 1. The van der Waals surface area contributed by atoms with Gasteiger partial charge in [0.1, 0.15) is 5.69 Å². The number of rotatable bonds is 2. The summed E-state index contributed by atoms with van der Waals surface area (Å²) in [6.07, 6.45) is 2.89. The quantitative estimate of drug-likeness (QED) is 0.901. The third-order valence-electron chi connectivity index (χ3n) is 3.78. The lowest BCUT2D eigenvalue weighted by atomic mass is 9.87. The summed E-state index contributed by atoms with van der Waals surface area (Å²) in [7, 11) is 0. The Balaban J connectivity index is 2.14. The van der Waals surface area contributed by atoms with Crippen molar-refractivity contribution in [3.05, 3.63) is 18.0 Å². The minimum Gasteiger partial charge on any atom is -0.393 e. The lowest BCUT2D eigenvalue weighted by molar-refractivity contribution is 0.0698. The first-order valence-electron chi connectivity index (χ1n) is 7.31. The van der Waals surface area contributed by atoms with E-state index in [2.05, 4.69) is 18.9 Å². The molecule has 0 bridgehead atoms. The van der Waals surface area contributed by atoms with Crippen molar-refractivity contribution in [1.29, 1.82) is 0 Å². The summed E-state index contributed by atoms with van der Waals surface area (Å²) in [5.41, 5.74) is 0.428. The van der Waals surface area contributed by atoms with Crippen molar-refractivity contribution < 1.29 is 9.90 Å². The Morgan fingerprint density at radius 2 is 2.20 bits per heavy atom. The van der Waals surface area contributed by atoms with Crippen LogP contribution < -0.4 is 0 Å². The molecule has 0 spiro atoms.